The molecule has 92 valence electrons. The molecule has 0 unspecified atom stereocenters. The van der Waals surface area contributed by atoms with E-state index in [0.717, 1.165) is 25.9 Å². The third-order valence-electron chi connectivity index (χ3n) is 3.00. The van der Waals surface area contributed by atoms with Crippen LogP contribution in [0.3, 0.4) is 0 Å². The van der Waals surface area contributed by atoms with Gasteiger partial charge in [-0.2, -0.15) is 0 Å². The fraction of sp³-hybridized carbons (Fsp3) is 0.500. The highest BCUT2D eigenvalue weighted by atomic mass is 16.6. The summed E-state index contributed by atoms with van der Waals surface area (Å²) < 4.78 is 5.81. The summed E-state index contributed by atoms with van der Waals surface area (Å²) in [4.78, 5) is 10.4. The SMILES string of the molecule is Cc1c(O[C@H]2CCCNC2)cccc1[N+](=O)[O-]. The predicted octanol–water partition coefficient (Wildman–Crippen LogP) is 2.03. The molecule has 1 N–H and O–H groups in total. The molecule has 2 rings (SSSR count). The summed E-state index contributed by atoms with van der Waals surface area (Å²) in [5.74, 6) is 0.618. The van der Waals surface area contributed by atoms with Crippen molar-refractivity contribution >= 4 is 5.69 Å². The van der Waals surface area contributed by atoms with Gasteiger partial charge in [0.1, 0.15) is 11.9 Å². The van der Waals surface area contributed by atoms with Crippen LogP contribution in [0.2, 0.25) is 0 Å². The number of hydrogen-bond acceptors (Lipinski definition) is 4. The van der Waals surface area contributed by atoms with Crippen LogP contribution in [0.4, 0.5) is 5.69 Å². The van der Waals surface area contributed by atoms with Gasteiger partial charge in [-0.1, -0.05) is 6.07 Å². The van der Waals surface area contributed by atoms with E-state index in [2.05, 4.69) is 5.32 Å². The van der Waals surface area contributed by atoms with Crippen molar-refractivity contribution in [3.05, 3.63) is 33.9 Å². The Morgan fingerprint density at radius 3 is 3.00 bits per heavy atom. The van der Waals surface area contributed by atoms with E-state index < -0.39 is 0 Å². The lowest BCUT2D eigenvalue weighted by molar-refractivity contribution is -0.385. The zero-order chi connectivity index (χ0) is 12.3. The molecule has 1 saturated heterocycles. The van der Waals surface area contributed by atoms with Crippen molar-refractivity contribution < 1.29 is 9.66 Å². The van der Waals surface area contributed by atoms with Crippen LogP contribution >= 0.6 is 0 Å². The Morgan fingerprint density at radius 1 is 1.53 bits per heavy atom. The van der Waals surface area contributed by atoms with E-state index in [4.69, 9.17) is 4.74 Å². The van der Waals surface area contributed by atoms with Crippen LogP contribution in [-0.2, 0) is 0 Å². The third kappa shape index (κ3) is 2.74. The molecular weight excluding hydrogens is 220 g/mol. The van der Waals surface area contributed by atoms with E-state index in [1.165, 1.54) is 6.07 Å². The summed E-state index contributed by atoms with van der Waals surface area (Å²) in [7, 11) is 0. The quantitative estimate of drug-likeness (QED) is 0.644. The number of nitrogens with one attached hydrogen (secondary N) is 1. The van der Waals surface area contributed by atoms with Crippen molar-refractivity contribution in [3.8, 4) is 5.75 Å². The zero-order valence-corrected chi connectivity index (χ0v) is 9.81. The van der Waals surface area contributed by atoms with Gasteiger partial charge in [0.2, 0.25) is 0 Å². The van der Waals surface area contributed by atoms with Gasteiger partial charge in [0.25, 0.3) is 5.69 Å². The molecule has 0 radical (unpaired) electrons. The van der Waals surface area contributed by atoms with Gasteiger partial charge in [0, 0.05) is 12.6 Å². The van der Waals surface area contributed by atoms with Crippen molar-refractivity contribution in [1.29, 1.82) is 0 Å². The fourth-order valence-electron chi connectivity index (χ4n) is 2.03. The van der Waals surface area contributed by atoms with E-state index in [-0.39, 0.29) is 16.7 Å². The van der Waals surface area contributed by atoms with E-state index in [1.807, 2.05) is 0 Å². The molecule has 17 heavy (non-hydrogen) atoms. The molecule has 0 bridgehead atoms. The summed E-state index contributed by atoms with van der Waals surface area (Å²) in [6, 6.07) is 4.95. The molecule has 0 spiro atoms. The molecule has 1 atom stereocenters. The van der Waals surface area contributed by atoms with Crippen LogP contribution in [0.1, 0.15) is 18.4 Å². The number of rotatable bonds is 3. The van der Waals surface area contributed by atoms with Crippen molar-refractivity contribution in [2.24, 2.45) is 0 Å². The van der Waals surface area contributed by atoms with Gasteiger partial charge in [0.15, 0.2) is 0 Å². The molecule has 1 fully saturated rings. The average molecular weight is 236 g/mol. The summed E-state index contributed by atoms with van der Waals surface area (Å²) >= 11 is 0. The van der Waals surface area contributed by atoms with Crippen LogP contribution in [-0.4, -0.2) is 24.1 Å². The first-order valence-corrected chi connectivity index (χ1v) is 5.80. The largest absolute Gasteiger partial charge is 0.489 e. The van der Waals surface area contributed by atoms with Gasteiger partial charge in [-0.3, -0.25) is 10.1 Å². The number of nitro groups is 1. The van der Waals surface area contributed by atoms with E-state index in [1.54, 1.807) is 19.1 Å². The van der Waals surface area contributed by atoms with Crippen molar-refractivity contribution in [2.75, 3.05) is 13.1 Å². The van der Waals surface area contributed by atoms with Gasteiger partial charge < -0.3 is 10.1 Å². The lowest BCUT2D eigenvalue weighted by atomic mass is 10.1. The Balaban J connectivity index is 2.15. The maximum atomic E-state index is 10.8. The Bertz CT molecular complexity index is 414. The third-order valence-corrected chi connectivity index (χ3v) is 3.00. The Morgan fingerprint density at radius 2 is 2.35 bits per heavy atom. The number of benzene rings is 1. The van der Waals surface area contributed by atoms with E-state index in [9.17, 15) is 10.1 Å². The molecule has 1 aliphatic heterocycles. The number of hydrogen-bond donors (Lipinski definition) is 1. The van der Waals surface area contributed by atoms with Gasteiger partial charge in [-0.15, -0.1) is 0 Å². The Labute approximate surface area is 99.9 Å². The highest BCUT2D eigenvalue weighted by Crippen LogP contribution is 2.28. The van der Waals surface area contributed by atoms with E-state index >= 15 is 0 Å². The monoisotopic (exact) mass is 236 g/mol. The van der Waals surface area contributed by atoms with Gasteiger partial charge in [-0.05, 0) is 32.4 Å². The molecule has 5 nitrogen and oxygen atoms in total. The zero-order valence-electron chi connectivity index (χ0n) is 9.81. The second-order valence-electron chi connectivity index (χ2n) is 4.24. The molecule has 0 saturated carbocycles. The molecule has 1 aromatic carbocycles. The summed E-state index contributed by atoms with van der Waals surface area (Å²) in [6.45, 7) is 3.56. The van der Waals surface area contributed by atoms with E-state index in [0.29, 0.717) is 11.3 Å². The second kappa shape index (κ2) is 5.14. The molecule has 0 amide bonds. The minimum atomic E-state index is -0.374. The average Bonchev–Trinajstić information content (AvgIpc) is 2.33. The highest BCUT2D eigenvalue weighted by molar-refractivity contribution is 5.48. The topological polar surface area (TPSA) is 64.4 Å². The van der Waals surface area contributed by atoms with Crippen molar-refractivity contribution in [1.82, 2.24) is 5.32 Å². The molecule has 1 heterocycles. The predicted molar refractivity (Wildman–Crippen MR) is 64.4 cm³/mol. The summed E-state index contributed by atoms with van der Waals surface area (Å²) in [5, 5.41) is 14.1. The second-order valence-corrected chi connectivity index (χ2v) is 4.24. The maximum Gasteiger partial charge on any atom is 0.276 e. The molecule has 0 aliphatic carbocycles. The first kappa shape index (κ1) is 11.9. The van der Waals surface area contributed by atoms with Crippen molar-refractivity contribution in [2.45, 2.75) is 25.9 Å². The number of piperidine rings is 1. The maximum absolute atomic E-state index is 10.8. The number of nitrogens with zero attached hydrogens (tertiary/aromatic N) is 1. The molecule has 1 aromatic rings. The first-order valence-electron chi connectivity index (χ1n) is 5.80. The highest BCUT2D eigenvalue weighted by Gasteiger charge is 2.19. The number of nitro benzene ring substituents is 1. The van der Waals surface area contributed by atoms with Crippen LogP contribution in [0.25, 0.3) is 0 Å². The van der Waals surface area contributed by atoms with Crippen LogP contribution in [0, 0.1) is 17.0 Å². The standard InChI is InChI=1S/C12H16N2O3/c1-9-11(14(15)16)5-2-6-12(9)17-10-4-3-7-13-8-10/h2,5-6,10,13H,3-4,7-8H2,1H3/t10-/m0/s1. The summed E-state index contributed by atoms with van der Waals surface area (Å²) in [6.07, 6.45) is 2.19. The normalized spacial score (nSPS) is 19.9. The first-order chi connectivity index (χ1) is 8.18. The molecule has 1 aliphatic rings. The Kier molecular flexibility index (Phi) is 3.58. The van der Waals surface area contributed by atoms with Gasteiger partial charge in [-0.25, -0.2) is 0 Å². The minimum Gasteiger partial charge on any atom is -0.489 e. The summed E-state index contributed by atoms with van der Waals surface area (Å²) in [5.41, 5.74) is 0.717. The molecular formula is C12H16N2O3. The van der Waals surface area contributed by atoms with Crippen LogP contribution < -0.4 is 10.1 Å². The fourth-order valence-corrected chi connectivity index (χ4v) is 2.03. The molecule has 0 aromatic heterocycles. The van der Waals surface area contributed by atoms with Gasteiger partial charge >= 0.3 is 0 Å². The van der Waals surface area contributed by atoms with Crippen molar-refractivity contribution in [3.63, 3.8) is 0 Å². The van der Waals surface area contributed by atoms with Crippen LogP contribution in [0.15, 0.2) is 18.2 Å². The van der Waals surface area contributed by atoms with Crippen LogP contribution in [0.5, 0.6) is 5.75 Å². The minimum absolute atomic E-state index is 0.115. The van der Waals surface area contributed by atoms with Gasteiger partial charge in [0.05, 0.1) is 10.5 Å². The number of ether oxygens (including phenoxy) is 1. The lowest BCUT2D eigenvalue weighted by Crippen LogP contribution is -2.37. The molecule has 5 heteroatoms. The smallest absolute Gasteiger partial charge is 0.276 e. The lowest BCUT2D eigenvalue weighted by Gasteiger charge is -2.24. The Hall–Kier alpha value is -1.62.